The third-order valence-corrected chi connectivity index (χ3v) is 5.21. The van der Waals surface area contributed by atoms with Gasteiger partial charge in [-0.2, -0.15) is 0 Å². The number of nitrogens with zero attached hydrogens (tertiary/aromatic N) is 2. The zero-order valence-corrected chi connectivity index (χ0v) is 16.0. The lowest BCUT2D eigenvalue weighted by molar-refractivity contribution is -0.143. The van der Waals surface area contributed by atoms with Gasteiger partial charge in [-0.25, -0.2) is 9.37 Å². The Morgan fingerprint density at radius 2 is 2.07 bits per heavy atom. The van der Waals surface area contributed by atoms with E-state index in [2.05, 4.69) is 9.97 Å². The van der Waals surface area contributed by atoms with Gasteiger partial charge in [-0.05, 0) is 36.5 Å². The van der Waals surface area contributed by atoms with Gasteiger partial charge in [0.05, 0.1) is 11.0 Å². The normalized spacial score (nSPS) is 20.8. The van der Waals surface area contributed by atoms with Gasteiger partial charge >= 0.3 is 5.97 Å². The molecule has 1 aliphatic rings. The van der Waals surface area contributed by atoms with Crippen LogP contribution in [0.25, 0.3) is 11.0 Å². The monoisotopic (exact) mass is 375 g/mol. The predicted molar refractivity (Wildman–Crippen MR) is 99.6 cm³/mol. The molecule has 1 fully saturated rings. The highest BCUT2D eigenvalue weighted by Gasteiger charge is 2.36. The molecule has 1 aliphatic heterocycles. The molecule has 1 aromatic heterocycles. The Morgan fingerprint density at radius 3 is 2.74 bits per heavy atom. The maximum absolute atomic E-state index is 13.4. The van der Waals surface area contributed by atoms with Crippen LogP contribution in [0.15, 0.2) is 18.2 Å². The maximum atomic E-state index is 13.4. The Labute approximate surface area is 157 Å². The number of carboxylic acids is 1. The Bertz CT molecular complexity index is 856. The first-order valence-corrected chi connectivity index (χ1v) is 9.29. The van der Waals surface area contributed by atoms with Crippen LogP contribution in [0, 0.1) is 23.1 Å². The van der Waals surface area contributed by atoms with E-state index in [9.17, 15) is 19.1 Å². The SMILES string of the molecule is CC(C)(C)C(=O)N1CC[C@@H](CC(=O)O)[C@@H](Cc2nc3ccc(F)cc3[nH]2)C1. The molecule has 2 heterocycles. The summed E-state index contributed by atoms with van der Waals surface area (Å²) in [6, 6.07) is 4.39. The van der Waals surface area contributed by atoms with E-state index < -0.39 is 11.4 Å². The van der Waals surface area contributed by atoms with Crippen LogP contribution in [-0.2, 0) is 16.0 Å². The van der Waals surface area contributed by atoms with Crippen LogP contribution in [0.5, 0.6) is 0 Å². The van der Waals surface area contributed by atoms with E-state index in [1.807, 2.05) is 25.7 Å². The van der Waals surface area contributed by atoms with Crippen molar-refractivity contribution in [3.63, 3.8) is 0 Å². The molecule has 146 valence electrons. The number of benzene rings is 1. The van der Waals surface area contributed by atoms with Gasteiger partial charge in [0.1, 0.15) is 11.6 Å². The fraction of sp³-hybridized carbons (Fsp3) is 0.550. The van der Waals surface area contributed by atoms with Crippen LogP contribution in [-0.4, -0.2) is 44.9 Å². The molecule has 2 aromatic rings. The highest BCUT2D eigenvalue weighted by molar-refractivity contribution is 5.81. The van der Waals surface area contributed by atoms with Crippen molar-refractivity contribution < 1.29 is 19.1 Å². The van der Waals surface area contributed by atoms with E-state index in [0.717, 1.165) is 0 Å². The molecule has 6 nitrogen and oxygen atoms in total. The average Bonchev–Trinajstić information content (AvgIpc) is 2.95. The first-order valence-electron chi connectivity index (χ1n) is 9.29. The summed E-state index contributed by atoms with van der Waals surface area (Å²) in [5.74, 6) is -0.412. The van der Waals surface area contributed by atoms with Gasteiger partial charge in [0.2, 0.25) is 5.91 Å². The lowest BCUT2D eigenvalue weighted by Gasteiger charge is -2.40. The minimum Gasteiger partial charge on any atom is -0.481 e. The molecular formula is C20H26FN3O3. The van der Waals surface area contributed by atoms with Gasteiger partial charge in [-0.15, -0.1) is 0 Å². The summed E-state index contributed by atoms with van der Waals surface area (Å²) in [5.41, 5.74) is 0.832. The third-order valence-electron chi connectivity index (χ3n) is 5.21. The molecule has 1 amide bonds. The summed E-state index contributed by atoms with van der Waals surface area (Å²) in [6.45, 7) is 6.76. The minimum atomic E-state index is -0.827. The Morgan fingerprint density at radius 1 is 1.33 bits per heavy atom. The summed E-state index contributed by atoms with van der Waals surface area (Å²) in [7, 11) is 0. The van der Waals surface area contributed by atoms with Crippen molar-refractivity contribution >= 4 is 22.9 Å². The number of carboxylic acid groups (broad SMARTS) is 1. The molecule has 0 unspecified atom stereocenters. The summed E-state index contributed by atoms with van der Waals surface area (Å²) >= 11 is 0. The van der Waals surface area contributed by atoms with E-state index in [1.54, 1.807) is 6.07 Å². The predicted octanol–water partition coefficient (Wildman–Crippen LogP) is 3.23. The van der Waals surface area contributed by atoms with E-state index in [0.29, 0.717) is 42.8 Å². The fourth-order valence-electron chi connectivity index (χ4n) is 3.84. The molecule has 2 atom stereocenters. The number of halogens is 1. The molecule has 0 spiro atoms. The number of nitrogens with one attached hydrogen (secondary N) is 1. The summed E-state index contributed by atoms with van der Waals surface area (Å²) in [5, 5.41) is 9.25. The zero-order valence-electron chi connectivity index (χ0n) is 16.0. The van der Waals surface area contributed by atoms with Crippen molar-refractivity contribution in [3.8, 4) is 0 Å². The van der Waals surface area contributed by atoms with Gasteiger partial charge in [0.15, 0.2) is 0 Å². The number of carbonyl (C=O) groups is 2. The number of amides is 1. The smallest absolute Gasteiger partial charge is 0.303 e. The summed E-state index contributed by atoms with van der Waals surface area (Å²) < 4.78 is 13.4. The first kappa shape index (κ1) is 19.3. The zero-order chi connectivity index (χ0) is 19.8. The second-order valence-corrected chi connectivity index (χ2v) is 8.46. The number of aromatic amines is 1. The number of H-pyrrole nitrogens is 1. The number of hydrogen-bond donors (Lipinski definition) is 2. The van der Waals surface area contributed by atoms with E-state index in [-0.39, 0.29) is 30.0 Å². The number of piperidine rings is 1. The number of aliphatic carboxylic acids is 1. The molecule has 3 rings (SSSR count). The second kappa shape index (κ2) is 7.29. The summed E-state index contributed by atoms with van der Waals surface area (Å²) in [6.07, 6.45) is 1.27. The molecule has 1 saturated heterocycles. The van der Waals surface area contributed by atoms with Crippen molar-refractivity contribution in [1.82, 2.24) is 14.9 Å². The second-order valence-electron chi connectivity index (χ2n) is 8.46. The largest absolute Gasteiger partial charge is 0.481 e. The van der Waals surface area contributed by atoms with Crippen molar-refractivity contribution in [2.24, 2.45) is 17.3 Å². The van der Waals surface area contributed by atoms with E-state index in [4.69, 9.17) is 0 Å². The number of fused-ring (bicyclic) bond motifs is 1. The molecule has 0 saturated carbocycles. The maximum Gasteiger partial charge on any atom is 0.303 e. The van der Waals surface area contributed by atoms with Gasteiger partial charge in [-0.1, -0.05) is 20.8 Å². The summed E-state index contributed by atoms with van der Waals surface area (Å²) in [4.78, 5) is 33.4. The standard InChI is InChI=1S/C20H26FN3O3/c1-20(2,3)19(27)24-7-6-12(9-18(25)26)13(11-24)8-17-22-15-5-4-14(21)10-16(15)23-17/h4-5,10,12-13H,6-9,11H2,1-3H3,(H,22,23)(H,25,26)/t12-,13-/m0/s1. The fourth-order valence-corrected chi connectivity index (χ4v) is 3.84. The number of aromatic nitrogens is 2. The van der Waals surface area contributed by atoms with Crippen LogP contribution in [0.2, 0.25) is 0 Å². The Hall–Kier alpha value is -2.44. The van der Waals surface area contributed by atoms with Crippen LogP contribution in [0.3, 0.4) is 0 Å². The minimum absolute atomic E-state index is 0.00782. The molecule has 0 bridgehead atoms. The molecule has 2 N–H and O–H groups in total. The highest BCUT2D eigenvalue weighted by atomic mass is 19.1. The van der Waals surface area contributed by atoms with E-state index in [1.165, 1.54) is 12.1 Å². The van der Waals surface area contributed by atoms with Crippen molar-refractivity contribution in [1.29, 1.82) is 0 Å². The molecule has 27 heavy (non-hydrogen) atoms. The lowest BCUT2D eigenvalue weighted by Crippen LogP contribution is -2.48. The van der Waals surface area contributed by atoms with Gasteiger partial charge < -0.3 is 15.0 Å². The highest BCUT2D eigenvalue weighted by Crippen LogP contribution is 2.31. The number of carbonyl (C=O) groups excluding carboxylic acids is 1. The quantitative estimate of drug-likeness (QED) is 0.859. The number of likely N-dealkylation sites (tertiary alicyclic amines) is 1. The molecule has 0 aliphatic carbocycles. The molecule has 0 radical (unpaired) electrons. The van der Waals surface area contributed by atoms with Crippen molar-refractivity contribution in [2.45, 2.75) is 40.0 Å². The third kappa shape index (κ3) is 4.46. The van der Waals surface area contributed by atoms with E-state index >= 15 is 0 Å². The van der Waals surface area contributed by atoms with Crippen LogP contribution in [0.1, 0.15) is 39.4 Å². The molecular weight excluding hydrogens is 349 g/mol. The first-order chi connectivity index (χ1) is 12.6. The molecule has 1 aromatic carbocycles. The van der Waals surface area contributed by atoms with Crippen molar-refractivity contribution in [2.75, 3.05) is 13.1 Å². The number of imidazole rings is 1. The van der Waals surface area contributed by atoms with Gasteiger partial charge in [0.25, 0.3) is 0 Å². The van der Waals surface area contributed by atoms with Gasteiger partial charge in [0, 0.05) is 31.3 Å². The van der Waals surface area contributed by atoms with Crippen LogP contribution < -0.4 is 0 Å². The average molecular weight is 375 g/mol. The van der Waals surface area contributed by atoms with Crippen molar-refractivity contribution in [3.05, 3.63) is 29.8 Å². The molecule has 7 heteroatoms. The topological polar surface area (TPSA) is 86.3 Å². The van der Waals surface area contributed by atoms with Crippen LogP contribution >= 0.6 is 0 Å². The Balaban J connectivity index is 1.81. The number of rotatable bonds is 4. The van der Waals surface area contributed by atoms with Crippen LogP contribution in [0.4, 0.5) is 4.39 Å². The van der Waals surface area contributed by atoms with Gasteiger partial charge in [-0.3, -0.25) is 9.59 Å². The number of hydrogen-bond acceptors (Lipinski definition) is 3. The lowest BCUT2D eigenvalue weighted by atomic mass is 9.80. The Kier molecular flexibility index (Phi) is 5.22.